The molecule has 6 rings (SSSR count). The van der Waals surface area contributed by atoms with Crippen molar-refractivity contribution in [3.63, 3.8) is 0 Å². The van der Waals surface area contributed by atoms with Crippen molar-refractivity contribution < 1.29 is 17.1 Å². The molecule has 4 heteroatoms. The van der Waals surface area contributed by atoms with Crippen LogP contribution >= 0.6 is 31.9 Å². The SMILES string of the molecule is CCC[SiH]=[Hf]([CH3])([CH3])([CH]1C=Cc2c(-c3ccc(Br)cc3)cccc21)[CH]1C=Cc2c(-c3ccc(Br)cc3)cccc21. The molecule has 0 radical (unpaired) electrons. The van der Waals surface area contributed by atoms with E-state index in [9.17, 15) is 0 Å². The fraction of sp³-hybridized carbons (Fsp3) is 0.200. The number of hydrogen-bond donors (Lipinski definition) is 0. The van der Waals surface area contributed by atoms with E-state index in [0.717, 1.165) is 8.95 Å². The van der Waals surface area contributed by atoms with Gasteiger partial charge in [0, 0.05) is 0 Å². The van der Waals surface area contributed by atoms with Gasteiger partial charge in [0.25, 0.3) is 0 Å². The Labute approximate surface area is 251 Å². The van der Waals surface area contributed by atoms with Crippen LogP contribution in [0.15, 0.2) is 106 Å². The second kappa shape index (κ2) is 10.7. The molecule has 0 N–H and O–H groups in total. The molecule has 4 aromatic rings. The molecule has 39 heavy (non-hydrogen) atoms. The third-order valence-corrected chi connectivity index (χ3v) is 53.0. The number of benzene rings is 4. The van der Waals surface area contributed by atoms with Crippen LogP contribution in [0.25, 0.3) is 34.4 Å². The summed E-state index contributed by atoms with van der Waals surface area (Å²) in [5, 5.41) is 0. The second-order valence-corrected chi connectivity index (χ2v) is 58.3. The van der Waals surface area contributed by atoms with Gasteiger partial charge in [-0.25, -0.2) is 0 Å². The van der Waals surface area contributed by atoms with Gasteiger partial charge < -0.3 is 0 Å². The van der Waals surface area contributed by atoms with E-state index in [4.69, 9.17) is 0 Å². The maximum atomic E-state index is 3.61. The van der Waals surface area contributed by atoms with Crippen molar-refractivity contribution in [3.8, 4) is 22.3 Å². The molecule has 0 aliphatic heterocycles. The topological polar surface area (TPSA) is 0 Å². The minimum atomic E-state index is -3.62. The summed E-state index contributed by atoms with van der Waals surface area (Å²) in [4.78, 5) is 0. The zero-order valence-electron chi connectivity index (χ0n) is 22.8. The molecule has 0 saturated carbocycles. The molecule has 2 unspecified atom stereocenters. The summed E-state index contributed by atoms with van der Waals surface area (Å²) in [7, 11) is 0. The van der Waals surface area contributed by atoms with Crippen molar-refractivity contribution in [1.82, 2.24) is 0 Å². The monoisotopic (exact) mass is 820 g/mol. The Bertz CT molecular complexity index is 1570. The average molecular weight is 821 g/mol. The van der Waals surface area contributed by atoms with E-state index in [1.54, 1.807) is 11.1 Å². The summed E-state index contributed by atoms with van der Waals surface area (Å²) in [6.45, 7) is 2.37. The Morgan fingerprint density at radius 2 is 1.08 bits per heavy atom. The van der Waals surface area contributed by atoms with Crippen molar-refractivity contribution >= 4 is 50.2 Å². The predicted octanol–water partition coefficient (Wildman–Crippen LogP) is 11.3. The summed E-state index contributed by atoms with van der Waals surface area (Å²) in [6.07, 6.45) is 11.8. The molecule has 0 spiro atoms. The zero-order chi connectivity index (χ0) is 27.2. The summed E-state index contributed by atoms with van der Waals surface area (Å²) in [6, 6.07) is 33.1. The minimum absolute atomic E-state index is 0.394. The number of rotatable bonds is 6. The van der Waals surface area contributed by atoms with Gasteiger partial charge in [-0.05, 0) is 0 Å². The third-order valence-electron chi connectivity index (χ3n) is 9.21. The van der Waals surface area contributed by atoms with Gasteiger partial charge in [0.1, 0.15) is 0 Å². The van der Waals surface area contributed by atoms with Gasteiger partial charge in [0.05, 0.1) is 0 Å². The van der Waals surface area contributed by atoms with Gasteiger partial charge in [0.2, 0.25) is 0 Å². The number of halogens is 2. The van der Waals surface area contributed by atoms with Gasteiger partial charge in [-0.3, -0.25) is 0 Å². The molecule has 0 nitrogen and oxygen atoms in total. The van der Waals surface area contributed by atoms with Crippen LogP contribution in [0, 0.1) is 0 Å². The molecule has 4 aromatic carbocycles. The van der Waals surface area contributed by atoms with Crippen LogP contribution in [0.4, 0.5) is 0 Å². The first-order valence-electron chi connectivity index (χ1n) is 14.0. The standard InChI is InChI=1S/2C15H10Br.C3H8Si.2CH3.Hf/c2*16-13-9-7-12(8-10-13)15-6-2-4-11-3-1-5-14(11)15;1-2-3-4;;;/h2*1-10H;4H,2-3H2,1H3;2*1H3;. The van der Waals surface area contributed by atoms with E-state index in [1.807, 2.05) is 0 Å². The van der Waals surface area contributed by atoms with E-state index in [0.29, 0.717) is 13.6 Å². The molecule has 2 aliphatic carbocycles. The molecule has 196 valence electrons. The zero-order valence-corrected chi connectivity index (χ0v) is 30.7. The quantitative estimate of drug-likeness (QED) is 0.170. The summed E-state index contributed by atoms with van der Waals surface area (Å²) < 4.78 is 9.03. The van der Waals surface area contributed by atoms with E-state index >= 15 is 0 Å². The number of fused-ring (bicyclic) bond motifs is 2. The maximum absolute atomic E-state index is 3.62. The second-order valence-electron chi connectivity index (χ2n) is 12.0. The first kappa shape index (κ1) is 27.6. The molecule has 0 bridgehead atoms. The van der Waals surface area contributed by atoms with Crippen LogP contribution in [0.3, 0.4) is 0 Å². The van der Waals surface area contributed by atoms with Gasteiger partial charge in [-0.1, -0.05) is 0 Å². The Kier molecular flexibility index (Phi) is 7.54. The van der Waals surface area contributed by atoms with Crippen LogP contribution in [-0.2, 0) is 17.1 Å². The summed E-state index contributed by atoms with van der Waals surface area (Å²) in [5.74, 6) is 0. The Morgan fingerprint density at radius 1 is 0.641 bits per heavy atom. The summed E-state index contributed by atoms with van der Waals surface area (Å²) >= 11 is 3.60. The average Bonchev–Trinajstić information content (AvgIpc) is 3.59. The van der Waals surface area contributed by atoms with E-state index in [-0.39, 0.29) is 0 Å². The number of hydrogen-bond acceptors (Lipinski definition) is 0. The van der Waals surface area contributed by atoms with Crippen molar-refractivity contribution in [2.75, 3.05) is 0 Å². The normalized spacial score (nSPS) is 17.8. The van der Waals surface area contributed by atoms with Crippen molar-refractivity contribution in [2.24, 2.45) is 0 Å². The van der Waals surface area contributed by atoms with Gasteiger partial charge in [-0.15, -0.1) is 0 Å². The van der Waals surface area contributed by atoms with E-state index in [1.165, 1.54) is 45.8 Å². The van der Waals surface area contributed by atoms with Crippen LogP contribution in [0.2, 0.25) is 15.4 Å². The van der Waals surface area contributed by atoms with Crippen LogP contribution in [0.1, 0.15) is 42.9 Å². The molecular formula is C35H34Br2HfSi. The fourth-order valence-corrected chi connectivity index (χ4v) is 47.8. The Hall–Kier alpha value is -1.59. The van der Waals surface area contributed by atoms with Crippen LogP contribution < -0.4 is 0 Å². The third kappa shape index (κ3) is 4.84. The fourth-order valence-electron chi connectivity index (χ4n) is 7.07. The first-order valence-corrected chi connectivity index (χ1v) is 34.5. The van der Waals surface area contributed by atoms with Crippen molar-refractivity contribution in [3.05, 3.63) is 128 Å². The molecule has 0 amide bonds. The van der Waals surface area contributed by atoms with Gasteiger partial charge in [0.15, 0.2) is 0 Å². The molecular weight excluding hydrogens is 787 g/mol. The molecule has 0 fully saturated rings. The van der Waals surface area contributed by atoms with Gasteiger partial charge in [-0.2, -0.15) is 0 Å². The molecule has 2 aliphatic rings. The van der Waals surface area contributed by atoms with E-state index < -0.39 is 17.1 Å². The molecule has 0 heterocycles. The predicted molar refractivity (Wildman–Crippen MR) is 177 cm³/mol. The Morgan fingerprint density at radius 3 is 1.49 bits per heavy atom. The molecule has 0 saturated heterocycles. The van der Waals surface area contributed by atoms with Crippen molar-refractivity contribution in [1.29, 1.82) is 0 Å². The summed E-state index contributed by atoms with van der Waals surface area (Å²) in [5.41, 5.74) is 11.4. The van der Waals surface area contributed by atoms with Crippen molar-refractivity contribution in [2.45, 2.75) is 36.1 Å². The van der Waals surface area contributed by atoms with E-state index in [2.05, 4.69) is 157 Å². The number of allylic oxidation sites excluding steroid dienone is 2. The first-order chi connectivity index (χ1) is 18.8. The molecule has 0 aromatic heterocycles. The van der Waals surface area contributed by atoms with Gasteiger partial charge >= 0.3 is 254 Å². The molecule has 2 atom stereocenters. The van der Waals surface area contributed by atoms with Crippen LogP contribution in [0.5, 0.6) is 0 Å². The van der Waals surface area contributed by atoms with Crippen LogP contribution in [-0.4, -0.2) is 6.22 Å². The Balaban J connectivity index is 1.49.